The first-order valence-corrected chi connectivity index (χ1v) is 7.80. The number of nitrogens with one attached hydrogen (secondary N) is 2. The van der Waals surface area contributed by atoms with Gasteiger partial charge < -0.3 is 5.32 Å². The maximum absolute atomic E-state index is 11.9. The van der Waals surface area contributed by atoms with Gasteiger partial charge in [0.2, 0.25) is 15.9 Å². The van der Waals surface area contributed by atoms with Crippen molar-refractivity contribution in [3.63, 3.8) is 0 Å². The number of aromatic nitrogens is 2. The number of aryl methyl sites for hydroxylation is 1. The summed E-state index contributed by atoms with van der Waals surface area (Å²) in [6, 6.07) is 9.67. The third kappa shape index (κ3) is 4.40. The number of hydrogen-bond donors (Lipinski definition) is 2. The van der Waals surface area contributed by atoms with E-state index in [4.69, 9.17) is 0 Å². The average molecular weight is 308 g/mol. The fraction of sp³-hybridized carbons (Fsp3) is 0.231. The lowest BCUT2D eigenvalue weighted by Crippen LogP contribution is -2.27. The number of nitrogens with zero attached hydrogens (tertiary/aromatic N) is 2. The van der Waals surface area contributed by atoms with Gasteiger partial charge in [-0.2, -0.15) is 5.10 Å². The Morgan fingerprint density at radius 1 is 1.24 bits per heavy atom. The van der Waals surface area contributed by atoms with E-state index in [1.807, 2.05) is 0 Å². The van der Waals surface area contributed by atoms with Gasteiger partial charge in [0.05, 0.1) is 4.90 Å². The van der Waals surface area contributed by atoms with Gasteiger partial charge in [-0.3, -0.25) is 9.48 Å². The van der Waals surface area contributed by atoms with Gasteiger partial charge >= 0.3 is 0 Å². The van der Waals surface area contributed by atoms with Crippen molar-refractivity contribution in [1.82, 2.24) is 14.5 Å². The molecule has 1 heterocycles. The van der Waals surface area contributed by atoms with Crippen molar-refractivity contribution < 1.29 is 13.2 Å². The fourth-order valence-corrected chi connectivity index (χ4v) is 2.72. The van der Waals surface area contributed by atoms with Crippen molar-refractivity contribution in [3.8, 4) is 0 Å². The van der Waals surface area contributed by atoms with Crippen LogP contribution in [0.15, 0.2) is 47.5 Å². The van der Waals surface area contributed by atoms with Crippen LogP contribution in [0.4, 0.5) is 5.82 Å². The fourth-order valence-electron chi connectivity index (χ4n) is 1.67. The van der Waals surface area contributed by atoms with Gasteiger partial charge in [0, 0.05) is 32.3 Å². The zero-order valence-corrected chi connectivity index (χ0v) is 12.3. The van der Waals surface area contributed by atoms with Gasteiger partial charge in [-0.1, -0.05) is 18.2 Å². The molecule has 0 atom stereocenters. The number of amides is 1. The highest BCUT2D eigenvalue weighted by atomic mass is 32.2. The zero-order valence-electron chi connectivity index (χ0n) is 11.5. The van der Waals surface area contributed by atoms with E-state index >= 15 is 0 Å². The smallest absolute Gasteiger partial charge is 0.240 e. The number of rotatable bonds is 6. The summed E-state index contributed by atoms with van der Waals surface area (Å²) in [6.45, 7) is 0.0237. The summed E-state index contributed by atoms with van der Waals surface area (Å²) in [5.74, 6) is 0.137. The predicted octanol–water partition coefficient (Wildman–Crippen LogP) is 0.727. The van der Waals surface area contributed by atoms with Crippen LogP contribution >= 0.6 is 0 Å². The molecule has 1 aromatic carbocycles. The van der Waals surface area contributed by atoms with Crippen LogP contribution in [0.2, 0.25) is 0 Å². The molecule has 0 saturated carbocycles. The lowest BCUT2D eigenvalue weighted by atomic mass is 10.4. The molecule has 0 aliphatic heterocycles. The molecule has 0 fully saturated rings. The lowest BCUT2D eigenvalue weighted by Gasteiger charge is -2.06. The number of anilines is 1. The number of benzene rings is 1. The van der Waals surface area contributed by atoms with Crippen LogP contribution < -0.4 is 10.0 Å². The third-order valence-corrected chi connectivity index (χ3v) is 4.16. The van der Waals surface area contributed by atoms with E-state index in [1.54, 1.807) is 42.2 Å². The average Bonchev–Trinajstić information content (AvgIpc) is 2.85. The number of carbonyl (C=O) groups is 1. The molecule has 7 nitrogen and oxygen atoms in total. The molecule has 0 bridgehead atoms. The van der Waals surface area contributed by atoms with E-state index in [9.17, 15) is 13.2 Å². The molecule has 21 heavy (non-hydrogen) atoms. The van der Waals surface area contributed by atoms with Crippen LogP contribution in [0.5, 0.6) is 0 Å². The minimum absolute atomic E-state index is 0.0237. The van der Waals surface area contributed by atoms with Crippen LogP contribution in [0.3, 0.4) is 0 Å². The van der Waals surface area contributed by atoms with E-state index in [0.29, 0.717) is 5.82 Å². The predicted molar refractivity (Wildman–Crippen MR) is 78.1 cm³/mol. The Balaban J connectivity index is 1.82. The minimum Gasteiger partial charge on any atom is -0.309 e. The number of hydrogen-bond acceptors (Lipinski definition) is 4. The summed E-state index contributed by atoms with van der Waals surface area (Å²) < 4.78 is 27.8. The van der Waals surface area contributed by atoms with Crippen LogP contribution in [-0.4, -0.2) is 30.7 Å². The lowest BCUT2D eigenvalue weighted by molar-refractivity contribution is -0.116. The van der Waals surface area contributed by atoms with Crippen molar-refractivity contribution in [2.45, 2.75) is 11.3 Å². The molecule has 0 aliphatic rings. The molecule has 112 valence electrons. The molecular weight excluding hydrogens is 292 g/mol. The van der Waals surface area contributed by atoms with Gasteiger partial charge in [-0.05, 0) is 12.1 Å². The third-order valence-electron chi connectivity index (χ3n) is 2.68. The Hall–Kier alpha value is -2.19. The molecule has 2 aromatic rings. The summed E-state index contributed by atoms with van der Waals surface area (Å²) in [4.78, 5) is 11.8. The molecule has 0 radical (unpaired) electrons. The largest absolute Gasteiger partial charge is 0.309 e. The standard InChI is InChI=1S/C13H16N4O3S/c1-17-10-8-12(16-17)15-13(18)7-9-14-21(19,20)11-5-3-2-4-6-11/h2-6,8,10,14H,7,9H2,1H3,(H,15,16,18). The second kappa shape index (κ2) is 6.51. The van der Waals surface area contributed by atoms with Gasteiger partial charge in [0.25, 0.3) is 0 Å². The van der Waals surface area contributed by atoms with E-state index in [1.165, 1.54) is 12.1 Å². The van der Waals surface area contributed by atoms with Crippen molar-refractivity contribution in [3.05, 3.63) is 42.6 Å². The molecule has 0 saturated heterocycles. The second-order valence-electron chi connectivity index (χ2n) is 4.38. The van der Waals surface area contributed by atoms with E-state index < -0.39 is 10.0 Å². The summed E-state index contributed by atoms with van der Waals surface area (Å²) in [5.41, 5.74) is 0. The molecule has 1 aromatic heterocycles. The Labute approximate surface area is 123 Å². The SMILES string of the molecule is Cn1ccc(NC(=O)CCNS(=O)(=O)c2ccccc2)n1. The number of sulfonamides is 1. The van der Waals surface area contributed by atoms with Crippen molar-refractivity contribution in [2.75, 3.05) is 11.9 Å². The minimum atomic E-state index is -3.57. The summed E-state index contributed by atoms with van der Waals surface area (Å²) in [7, 11) is -1.83. The molecular formula is C13H16N4O3S. The van der Waals surface area contributed by atoms with Crippen LogP contribution in [0.1, 0.15) is 6.42 Å². The molecule has 0 unspecified atom stereocenters. The zero-order chi connectivity index (χ0) is 15.3. The molecule has 0 spiro atoms. The van der Waals surface area contributed by atoms with Gasteiger partial charge in [-0.25, -0.2) is 13.1 Å². The highest BCUT2D eigenvalue weighted by Gasteiger charge is 2.13. The van der Waals surface area contributed by atoms with Gasteiger partial charge in [0.1, 0.15) is 0 Å². The first kappa shape index (κ1) is 15.2. The van der Waals surface area contributed by atoms with E-state index in [2.05, 4.69) is 15.1 Å². The Bertz CT molecular complexity index is 710. The normalized spacial score (nSPS) is 11.3. The first-order chi connectivity index (χ1) is 9.97. The van der Waals surface area contributed by atoms with E-state index in [0.717, 1.165) is 0 Å². The quantitative estimate of drug-likeness (QED) is 0.822. The number of carbonyl (C=O) groups excluding carboxylic acids is 1. The van der Waals surface area contributed by atoms with Crippen LogP contribution in [0, 0.1) is 0 Å². The highest BCUT2D eigenvalue weighted by molar-refractivity contribution is 7.89. The molecule has 8 heteroatoms. The maximum atomic E-state index is 11.9. The summed E-state index contributed by atoms with van der Waals surface area (Å²) in [6.07, 6.45) is 1.73. The van der Waals surface area contributed by atoms with Crippen molar-refractivity contribution in [2.24, 2.45) is 7.05 Å². The van der Waals surface area contributed by atoms with Crippen LogP contribution in [0.25, 0.3) is 0 Å². The topological polar surface area (TPSA) is 93.1 Å². The molecule has 1 amide bonds. The first-order valence-electron chi connectivity index (χ1n) is 6.31. The van der Waals surface area contributed by atoms with Gasteiger partial charge in [-0.15, -0.1) is 0 Å². The Kier molecular flexibility index (Phi) is 4.71. The summed E-state index contributed by atoms with van der Waals surface area (Å²) >= 11 is 0. The molecule has 2 N–H and O–H groups in total. The summed E-state index contributed by atoms with van der Waals surface area (Å²) in [5, 5.41) is 6.58. The molecule has 0 aliphatic carbocycles. The van der Waals surface area contributed by atoms with Crippen molar-refractivity contribution >= 4 is 21.7 Å². The second-order valence-corrected chi connectivity index (χ2v) is 6.15. The Morgan fingerprint density at radius 2 is 1.95 bits per heavy atom. The van der Waals surface area contributed by atoms with Gasteiger partial charge in [0.15, 0.2) is 5.82 Å². The van der Waals surface area contributed by atoms with Crippen molar-refractivity contribution in [1.29, 1.82) is 0 Å². The Morgan fingerprint density at radius 3 is 2.57 bits per heavy atom. The van der Waals surface area contributed by atoms with E-state index in [-0.39, 0.29) is 23.8 Å². The molecule has 2 rings (SSSR count). The monoisotopic (exact) mass is 308 g/mol. The van der Waals surface area contributed by atoms with Crippen LogP contribution in [-0.2, 0) is 21.9 Å². The highest BCUT2D eigenvalue weighted by Crippen LogP contribution is 2.07. The maximum Gasteiger partial charge on any atom is 0.240 e.